The number of methoxy groups -OCH3 is 1. The first-order valence-electron chi connectivity index (χ1n) is 8.92. The SMILES string of the molecule is COc1ccc(C(=O)Nc2ccc(C(C)C)cc2)cc1S(=O)(=O)NC1CC1. The van der Waals surface area contributed by atoms with Crippen molar-refractivity contribution in [3.8, 4) is 5.75 Å². The molecule has 2 aromatic rings. The fourth-order valence-corrected chi connectivity index (χ4v) is 4.17. The summed E-state index contributed by atoms with van der Waals surface area (Å²) in [5, 5.41) is 2.80. The lowest BCUT2D eigenvalue weighted by Crippen LogP contribution is -2.26. The smallest absolute Gasteiger partial charge is 0.255 e. The van der Waals surface area contributed by atoms with Gasteiger partial charge in [0.2, 0.25) is 10.0 Å². The standard InChI is InChI=1S/C20H24N2O4S/c1-13(2)14-4-7-16(8-5-14)21-20(23)15-6-11-18(26-3)19(12-15)27(24,25)22-17-9-10-17/h4-8,11-13,17,22H,9-10H2,1-3H3,(H,21,23). The van der Waals surface area contributed by atoms with E-state index in [1.165, 1.54) is 24.8 Å². The van der Waals surface area contributed by atoms with Crippen molar-refractivity contribution in [2.75, 3.05) is 12.4 Å². The number of rotatable bonds is 7. The van der Waals surface area contributed by atoms with Crippen LogP contribution in [0.25, 0.3) is 0 Å². The quantitative estimate of drug-likeness (QED) is 0.760. The average Bonchev–Trinajstić information content (AvgIpc) is 3.44. The molecule has 1 amide bonds. The van der Waals surface area contributed by atoms with Crippen molar-refractivity contribution in [1.29, 1.82) is 0 Å². The first kappa shape index (κ1) is 19.4. The van der Waals surface area contributed by atoms with E-state index in [2.05, 4.69) is 23.9 Å². The summed E-state index contributed by atoms with van der Waals surface area (Å²) in [5.74, 6) is 0.238. The minimum Gasteiger partial charge on any atom is -0.495 e. The molecule has 3 rings (SSSR count). The minimum atomic E-state index is -3.74. The van der Waals surface area contributed by atoms with Crippen molar-refractivity contribution in [3.05, 3.63) is 53.6 Å². The lowest BCUT2D eigenvalue weighted by molar-refractivity contribution is 0.102. The zero-order valence-electron chi connectivity index (χ0n) is 15.7. The van der Waals surface area contributed by atoms with E-state index in [4.69, 9.17) is 4.74 Å². The van der Waals surface area contributed by atoms with E-state index >= 15 is 0 Å². The molecular formula is C20H24N2O4S. The maximum atomic E-state index is 12.6. The van der Waals surface area contributed by atoms with Crippen LogP contribution in [0.1, 0.15) is 48.5 Å². The summed E-state index contributed by atoms with van der Waals surface area (Å²) >= 11 is 0. The van der Waals surface area contributed by atoms with Crippen molar-refractivity contribution in [3.63, 3.8) is 0 Å². The third-order valence-corrected chi connectivity index (χ3v) is 5.99. The van der Waals surface area contributed by atoms with Gasteiger partial charge in [0.1, 0.15) is 10.6 Å². The van der Waals surface area contributed by atoms with Crippen LogP contribution < -0.4 is 14.8 Å². The Hall–Kier alpha value is -2.38. The Balaban J connectivity index is 1.83. The molecule has 144 valence electrons. The highest BCUT2D eigenvalue weighted by Gasteiger charge is 2.30. The van der Waals surface area contributed by atoms with Gasteiger partial charge in [0.25, 0.3) is 5.91 Å². The van der Waals surface area contributed by atoms with Crippen LogP contribution in [-0.2, 0) is 10.0 Å². The summed E-state index contributed by atoms with van der Waals surface area (Å²) in [6, 6.07) is 12.0. The monoisotopic (exact) mass is 388 g/mol. The predicted octanol–water partition coefficient (Wildman–Crippen LogP) is 3.51. The number of carbonyl (C=O) groups is 1. The molecule has 2 N–H and O–H groups in total. The summed E-state index contributed by atoms with van der Waals surface area (Å²) in [6.07, 6.45) is 1.65. The van der Waals surface area contributed by atoms with Crippen LogP contribution in [0.15, 0.2) is 47.4 Å². The van der Waals surface area contributed by atoms with Crippen molar-refractivity contribution in [2.24, 2.45) is 0 Å². The molecule has 7 heteroatoms. The third kappa shape index (κ3) is 4.67. The van der Waals surface area contributed by atoms with Crippen LogP contribution in [0.4, 0.5) is 5.69 Å². The zero-order chi connectivity index (χ0) is 19.6. The van der Waals surface area contributed by atoms with E-state index in [-0.39, 0.29) is 28.2 Å². The highest BCUT2D eigenvalue weighted by atomic mass is 32.2. The fourth-order valence-electron chi connectivity index (χ4n) is 2.67. The van der Waals surface area contributed by atoms with Gasteiger partial charge >= 0.3 is 0 Å². The molecule has 0 bridgehead atoms. The highest BCUT2D eigenvalue weighted by molar-refractivity contribution is 7.89. The number of hydrogen-bond donors (Lipinski definition) is 2. The Labute approximate surface area is 160 Å². The Kier molecular flexibility index (Phi) is 5.53. The molecule has 6 nitrogen and oxygen atoms in total. The molecule has 1 fully saturated rings. The Morgan fingerprint density at radius 3 is 2.33 bits per heavy atom. The van der Waals surface area contributed by atoms with Gasteiger partial charge in [0.15, 0.2) is 0 Å². The minimum absolute atomic E-state index is 0.0281. The average molecular weight is 388 g/mol. The van der Waals surface area contributed by atoms with Crippen molar-refractivity contribution in [1.82, 2.24) is 4.72 Å². The Morgan fingerprint density at radius 2 is 1.78 bits per heavy atom. The first-order valence-corrected chi connectivity index (χ1v) is 10.4. The van der Waals surface area contributed by atoms with E-state index < -0.39 is 10.0 Å². The second-order valence-corrected chi connectivity index (χ2v) is 8.67. The van der Waals surface area contributed by atoms with Gasteiger partial charge in [-0.25, -0.2) is 13.1 Å². The molecule has 0 saturated heterocycles. The molecule has 1 aliphatic carbocycles. The normalized spacial score (nSPS) is 14.2. The molecule has 27 heavy (non-hydrogen) atoms. The van der Waals surface area contributed by atoms with Gasteiger partial charge in [-0.15, -0.1) is 0 Å². The van der Waals surface area contributed by atoms with Crippen LogP contribution in [-0.4, -0.2) is 27.5 Å². The van der Waals surface area contributed by atoms with Crippen LogP contribution >= 0.6 is 0 Å². The van der Waals surface area contributed by atoms with Gasteiger partial charge in [0, 0.05) is 17.3 Å². The molecular weight excluding hydrogens is 364 g/mol. The van der Waals surface area contributed by atoms with Crippen LogP contribution in [0, 0.1) is 0 Å². The topological polar surface area (TPSA) is 84.5 Å². The van der Waals surface area contributed by atoms with E-state index in [9.17, 15) is 13.2 Å². The second-order valence-electron chi connectivity index (χ2n) is 6.99. The van der Waals surface area contributed by atoms with Crippen molar-refractivity contribution in [2.45, 2.75) is 43.5 Å². The fraction of sp³-hybridized carbons (Fsp3) is 0.350. The van der Waals surface area contributed by atoms with E-state index in [0.29, 0.717) is 11.6 Å². The molecule has 2 aromatic carbocycles. The van der Waals surface area contributed by atoms with Crippen molar-refractivity contribution < 1.29 is 17.9 Å². The number of ether oxygens (including phenoxy) is 1. The number of benzene rings is 2. The molecule has 0 aromatic heterocycles. The summed E-state index contributed by atoms with van der Waals surface area (Å²) in [6.45, 7) is 4.20. The van der Waals surface area contributed by atoms with E-state index in [1.54, 1.807) is 6.07 Å². The summed E-state index contributed by atoms with van der Waals surface area (Å²) in [7, 11) is -2.33. The van der Waals surface area contributed by atoms with Gasteiger partial charge < -0.3 is 10.1 Å². The van der Waals surface area contributed by atoms with Crippen molar-refractivity contribution >= 4 is 21.6 Å². The molecule has 1 saturated carbocycles. The van der Waals surface area contributed by atoms with E-state index in [0.717, 1.165) is 12.8 Å². The number of sulfonamides is 1. The Bertz CT molecular complexity index is 933. The zero-order valence-corrected chi connectivity index (χ0v) is 16.5. The van der Waals surface area contributed by atoms with Gasteiger partial charge in [0.05, 0.1) is 7.11 Å². The summed E-state index contributed by atoms with van der Waals surface area (Å²) < 4.78 is 32.9. The largest absolute Gasteiger partial charge is 0.495 e. The van der Waals surface area contributed by atoms with Gasteiger partial charge in [-0.2, -0.15) is 0 Å². The highest BCUT2D eigenvalue weighted by Crippen LogP contribution is 2.28. The van der Waals surface area contributed by atoms with Crippen LogP contribution in [0.3, 0.4) is 0 Å². The molecule has 0 radical (unpaired) electrons. The molecule has 0 unspecified atom stereocenters. The number of amides is 1. The van der Waals surface area contributed by atoms with Crippen LogP contribution in [0.2, 0.25) is 0 Å². The molecule has 0 atom stereocenters. The molecule has 1 aliphatic rings. The number of carbonyl (C=O) groups excluding carboxylic acids is 1. The van der Waals surface area contributed by atoms with Crippen LogP contribution in [0.5, 0.6) is 5.75 Å². The van der Waals surface area contributed by atoms with Gasteiger partial charge in [-0.1, -0.05) is 26.0 Å². The predicted molar refractivity (Wildman–Crippen MR) is 105 cm³/mol. The third-order valence-electron chi connectivity index (χ3n) is 4.45. The first-order chi connectivity index (χ1) is 12.8. The number of nitrogens with one attached hydrogen (secondary N) is 2. The maximum absolute atomic E-state index is 12.6. The second kappa shape index (κ2) is 7.70. The number of hydrogen-bond acceptors (Lipinski definition) is 4. The van der Waals surface area contributed by atoms with E-state index in [1.807, 2.05) is 24.3 Å². The lowest BCUT2D eigenvalue weighted by Gasteiger charge is -2.13. The molecule has 0 heterocycles. The lowest BCUT2D eigenvalue weighted by atomic mass is 10.0. The van der Waals surface area contributed by atoms with Gasteiger partial charge in [-0.05, 0) is 54.7 Å². The summed E-state index contributed by atoms with van der Waals surface area (Å²) in [4.78, 5) is 12.6. The molecule has 0 spiro atoms. The molecule has 0 aliphatic heterocycles. The van der Waals surface area contributed by atoms with Gasteiger partial charge in [-0.3, -0.25) is 4.79 Å². The Morgan fingerprint density at radius 1 is 1.11 bits per heavy atom. The number of anilines is 1. The maximum Gasteiger partial charge on any atom is 0.255 e. The summed E-state index contributed by atoms with van der Waals surface area (Å²) in [5.41, 5.74) is 2.08.